The summed E-state index contributed by atoms with van der Waals surface area (Å²) in [6.45, 7) is 2.13. The van der Waals surface area contributed by atoms with Crippen LogP contribution in [0.15, 0.2) is 22.7 Å². The summed E-state index contributed by atoms with van der Waals surface area (Å²) in [7, 11) is 0. The van der Waals surface area contributed by atoms with Gasteiger partial charge in [-0.15, -0.1) is 0 Å². The number of aromatic hydroxyl groups is 1. The third-order valence-corrected chi connectivity index (χ3v) is 2.75. The highest BCUT2D eigenvalue weighted by atomic mass is 79.9. The fourth-order valence-electron chi connectivity index (χ4n) is 1.40. The smallest absolute Gasteiger partial charge is 0.120 e. The van der Waals surface area contributed by atoms with Crippen LogP contribution in [0.5, 0.6) is 5.75 Å². The van der Waals surface area contributed by atoms with Gasteiger partial charge >= 0.3 is 0 Å². The molecule has 0 heterocycles. The molecular formula is C11H16BrNO. The maximum Gasteiger partial charge on any atom is 0.120 e. The lowest BCUT2D eigenvalue weighted by atomic mass is 10.0. The highest BCUT2D eigenvalue weighted by molar-refractivity contribution is 9.10. The Morgan fingerprint density at radius 1 is 1.50 bits per heavy atom. The molecule has 0 aliphatic carbocycles. The quantitative estimate of drug-likeness (QED) is 0.869. The van der Waals surface area contributed by atoms with Crippen molar-refractivity contribution in [3.8, 4) is 5.75 Å². The SMILES string of the molecule is CCCC[C@H](N)c1cc(Br)ccc1O. The summed E-state index contributed by atoms with van der Waals surface area (Å²) in [5.41, 5.74) is 6.80. The Balaban J connectivity index is 2.77. The van der Waals surface area contributed by atoms with Gasteiger partial charge in [0.05, 0.1) is 0 Å². The van der Waals surface area contributed by atoms with E-state index in [0.717, 1.165) is 29.3 Å². The average molecular weight is 258 g/mol. The molecule has 0 aromatic heterocycles. The van der Waals surface area contributed by atoms with E-state index in [1.807, 2.05) is 12.1 Å². The van der Waals surface area contributed by atoms with Gasteiger partial charge in [-0.2, -0.15) is 0 Å². The molecule has 0 aliphatic rings. The van der Waals surface area contributed by atoms with Gasteiger partial charge in [-0.3, -0.25) is 0 Å². The molecule has 3 heteroatoms. The monoisotopic (exact) mass is 257 g/mol. The molecule has 1 aromatic carbocycles. The van der Waals surface area contributed by atoms with Crippen molar-refractivity contribution >= 4 is 15.9 Å². The van der Waals surface area contributed by atoms with Crippen LogP contribution in [0.25, 0.3) is 0 Å². The number of hydrogen-bond donors (Lipinski definition) is 2. The van der Waals surface area contributed by atoms with Crippen LogP contribution < -0.4 is 5.73 Å². The summed E-state index contributed by atoms with van der Waals surface area (Å²) in [5.74, 6) is 0.289. The molecule has 0 aliphatic heterocycles. The average Bonchev–Trinajstić information content (AvgIpc) is 2.18. The first-order chi connectivity index (χ1) is 6.65. The molecule has 0 bridgehead atoms. The molecule has 78 valence electrons. The van der Waals surface area contributed by atoms with Crippen LogP contribution in [0.2, 0.25) is 0 Å². The lowest BCUT2D eigenvalue weighted by Gasteiger charge is -2.13. The van der Waals surface area contributed by atoms with E-state index in [0.29, 0.717) is 0 Å². The second kappa shape index (κ2) is 5.37. The van der Waals surface area contributed by atoms with Crippen LogP contribution in [-0.4, -0.2) is 5.11 Å². The maximum absolute atomic E-state index is 9.60. The van der Waals surface area contributed by atoms with Crippen molar-refractivity contribution in [2.45, 2.75) is 32.2 Å². The van der Waals surface area contributed by atoms with Crippen molar-refractivity contribution < 1.29 is 5.11 Å². The summed E-state index contributed by atoms with van der Waals surface area (Å²) in [6, 6.07) is 5.30. The van der Waals surface area contributed by atoms with Crippen LogP contribution in [0, 0.1) is 0 Å². The lowest BCUT2D eigenvalue weighted by Crippen LogP contribution is -2.10. The Hall–Kier alpha value is -0.540. The van der Waals surface area contributed by atoms with Gasteiger partial charge in [-0.1, -0.05) is 35.7 Å². The molecule has 1 aromatic rings. The summed E-state index contributed by atoms with van der Waals surface area (Å²) in [5, 5.41) is 9.60. The number of phenols is 1. The Kier molecular flexibility index (Phi) is 4.42. The normalized spacial score (nSPS) is 12.8. The Morgan fingerprint density at radius 2 is 2.21 bits per heavy atom. The fourth-order valence-corrected chi connectivity index (χ4v) is 1.78. The second-order valence-corrected chi connectivity index (χ2v) is 4.37. The predicted molar refractivity (Wildman–Crippen MR) is 62.3 cm³/mol. The van der Waals surface area contributed by atoms with Gasteiger partial charge < -0.3 is 10.8 Å². The topological polar surface area (TPSA) is 46.2 Å². The molecule has 3 N–H and O–H groups in total. The molecule has 14 heavy (non-hydrogen) atoms. The first-order valence-corrected chi connectivity index (χ1v) is 5.68. The minimum absolute atomic E-state index is 0.0625. The molecule has 1 atom stereocenters. The minimum Gasteiger partial charge on any atom is -0.508 e. The zero-order valence-corrected chi connectivity index (χ0v) is 9.92. The summed E-state index contributed by atoms with van der Waals surface area (Å²) in [4.78, 5) is 0. The van der Waals surface area contributed by atoms with E-state index in [1.54, 1.807) is 6.07 Å². The number of halogens is 1. The van der Waals surface area contributed by atoms with Crippen LogP contribution in [0.1, 0.15) is 37.8 Å². The highest BCUT2D eigenvalue weighted by Crippen LogP contribution is 2.28. The van der Waals surface area contributed by atoms with Gasteiger partial charge in [0.2, 0.25) is 0 Å². The van der Waals surface area contributed by atoms with E-state index in [1.165, 1.54) is 0 Å². The van der Waals surface area contributed by atoms with Gasteiger partial charge in [0.15, 0.2) is 0 Å². The molecule has 0 amide bonds. The summed E-state index contributed by atoms with van der Waals surface area (Å²) < 4.78 is 0.956. The van der Waals surface area contributed by atoms with E-state index >= 15 is 0 Å². The second-order valence-electron chi connectivity index (χ2n) is 3.45. The van der Waals surface area contributed by atoms with Gasteiger partial charge in [-0.25, -0.2) is 0 Å². The number of rotatable bonds is 4. The van der Waals surface area contributed by atoms with Crippen molar-refractivity contribution in [3.05, 3.63) is 28.2 Å². The van der Waals surface area contributed by atoms with E-state index in [4.69, 9.17) is 5.73 Å². The van der Waals surface area contributed by atoms with Crippen LogP contribution in [-0.2, 0) is 0 Å². The van der Waals surface area contributed by atoms with Crippen molar-refractivity contribution in [1.82, 2.24) is 0 Å². The fraction of sp³-hybridized carbons (Fsp3) is 0.455. The van der Waals surface area contributed by atoms with E-state index < -0.39 is 0 Å². The first kappa shape index (κ1) is 11.5. The highest BCUT2D eigenvalue weighted by Gasteiger charge is 2.10. The number of phenolic OH excluding ortho intramolecular Hbond substituents is 1. The molecular weight excluding hydrogens is 242 g/mol. The number of unbranched alkanes of at least 4 members (excludes halogenated alkanes) is 1. The van der Waals surface area contributed by atoms with Gasteiger partial charge in [-0.05, 0) is 24.6 Å². The third kappa shape index (κ3) is 3.00. The van der Waals surface area contributed by atoms with Crippen molar-refractivity contribution in [1.29, 1.82) is 0 Å². The largest absolute Gasteiger partial charge is 0.508 e. The Bertz CT molecular complexity index is 301. The summed E-state index contributed by atoms with van der Waals surface area (Å²) >= 11 is 3.37. The van der Waals surface area contributed by atoms with Crippen LogP contribution in [0.4, 0.5) is 0 Å². The van der Waals surface area contributed by atoms with Gasteiger partial charge in [0, 0.05) is 16.1 Å². The van der Waals surface area contributed by atoms with Gasteiger partial charge in [0.1, 0.15) is 5.75 Å². The standard InChI is InChI=1S/C11H16BrNO/c1-2-3-4-10(13)9-7-8(12)5-6-11(9)14/h5-7,10,14H,2-4,13H2,1H3/t10-/m0/s1. The van der Waals surface area contributed by atoms with E-state index in [9.17, 15) is 5.11 Å². The van der Waals surface area contributed by atoms with E-state index in [-0.39, 0.29) is 11.8 Å². The van der Waals surface area contributed by atoms with Crippen molar-refractivity contribution in [2.75, 3.05) is 0 Å². The third-order valence-electron chi connectivity index (χ3n) is 2.26. The zero-order chi connectivity index (χ0) is 10.6. The summed E-state index contributed by atoms with van der Waals surface area (Å²) in [6.07, 6.45) is 3.14. The van der Waals surface area contributed by atoms with E-state index in [2.05, 4.69) is 22.9 Å². The molecule has 0 unspecified atom stereocenters. The molecule has 0 saturated carbocycles. The number of nitrogens with two attached hydrogens (primary N) is 1. The van der Waals surface area contributed by atoms with Crippen molar-refractivity contribution in [3.63, 3.8) is 0 Å². The van der Waals surface area contributed by atoms with Crippen molar-refractivity contribution in [2.24, 2.45) is 5.73 Å². The molecule has 2 nitrogen and oxygen atoms in total. The first-order valence-electron chi connectivity index (χ1n) is 4.89. The van der Waals surface area contributed by atoms with Crippen LogP contribution >= 0.6 is 15.9 Å². The maximum atomic E-state index is 9.60. The predicted octanol–water partition coefficient (Wildman–Crippen LogP) is 3.34. The molecule has 0 spiro atoms. The number of benzene rings is 1. The molecule has 0 saturated heterocycles. The Labute approximate surface area is 93.3 Å². The Morgan fingerprint density at radius 3 is 2.86 bits per heavy atom. The molecule has 1 rings (SSSR count). The minimum atomic E-state index is -0.0625. The molecule has 0 fully saturated rings. The lowest BCUT2D eigenvalue weighted by molar-refractivity contribution is 0.456. The molecule has 0 radical (unpaired) electrons. The zero-order valence-electron chi connectivity index (χ0n) is 8.33. The van der Waals surface area contributed by atoms with Crippen LogP contribution in [0.3, 0.4) is 0 Å². The number of hydrogen-bond acceptors (Lipinski definition) is 2. The van der Waals surface area contributed by atoms with Gasteiger partial charge in [0.25, 0.3) is 0 Å².